The molecule has 8 aromatic carbocycles. The van der Waals surface area contributed by atoms with Gasteiger partial charge in [0.15, 0.2) is 0 Å². The van der Waals surface area contributed by atoms with E-state index in [2.05, 4.69) is 157 Å². The molecule has 10 rings (SSSR count). The van der Waals surface area contributed by atoms with E-state index < -0.39 is 0 Å². The van der Waals surface area contributed by atoms with Crippen LogP contribution in [0.25, 0.3) is 76.9 Å². The van der Waals surface area contributed by atoms with Crippen molar-refractivity contribution in [2.45, 2.75) is 0 Å². The first-order chi connectivity index (χ1) is 24.3. The number of nitrogens with zero attached hydrogens (tertiary/aromatic N) is 1. The normalized spacial score (nSPS) is 11.7. The van der Waals surface area contributed by atoms with E-state index in [1.165, 1.54) is 10.8 Å². The second kappa shape index (κ2) is 11.0. The van der Waals surface area contributed by atoms with Gasteiger partial charge < -0.3 is 13.7 Å². The van der Waals surface area contributed by atoms with E-state index in [4.69, 9.17) is 8.83 Å². The smallest absolute Gasteiger partial charge is 0.143 e. The van der Waals surface area contributed by atoms with Crippen LogP contribution in [-0.4, -0.2) is 0 Å². The van der Waals surface area contributed by atoms with Gasteiger partial charge in [-0.2, -0.15) is 0 Å². The van der Waals surface area contributed by atoms with E-state index in [1.54, 1.807) is 0 Å². The maximum Gasteiger partial charge on any atom is 0.143 e. The van der Waals surface area contributed by atoms with Gasteiger partial charge in [0, 0.05) is 49.3 Å². The number of para-hydroxylation sites is 5. The predicted molar refractivity (Wildman–Crippen MR) is 204 cm³/mol. The molecule has 0 bridgehead atoms. The summed E-state index contributed by atoms with van der Waals surface area (Å²) in [6.07, 6.45) is 0. The average Bonchev–Trinajstić information content (AvgIpc) is 3.74. The molecule has 0 saturated carbocycles. The lowest BCUT2D eigenvalue weighted by molar-refractivity contribution is 0.669. The number of furan rings is 2. The Morgan fingerprint density at radius 3 is 1.55 bits per heavy atom. The molecule has 0 aliphatic carbocycles. The second-order valence-corrected chi connectivity index (χ2v) is 12.5. The zero-order valence-electron chi connectivity index (χ0n) is 26.5. The molecule has 49 heavy (non-hydrogen) atoms. The van der Waals surface area contributed by atoms with Gasteiger partial charge in [-0.05, 0) is 47.3 Å². The van der Waals surface area contributed by atoms with Crippen LogP contribution in [0, 0.1) is 0 Å². The zero-order valence-corrected chi connectivity index (χ0v) is 26.5. The standard InChI is InChI=1S/C46H29NO2/c1-2-14-33-30(12-1)13-9-23-41(33)47(32-28-26-31(27-29-32)34-18-10-20-39-36-16-4-7-24-43(36)48-45(34)39)42-22-6-3-15-35(42)38-19-11-21-40-37-17-5-8-25-44(37)49-46(38)40/h1-29H. The molecule has 0 saturated heterocycles. The van der Waals surface area contributed by atoms with Gasteiger partial charge in [0.1, 0.15) is 22.3 Å². The highest BCUT2D eigenvalue weighted by Gasteiger charge is 2.22. The first kappa shape index (κ1) is 27.5. The molecular formula is C46H29NO2. The molecule has 0 spiro atoms. The van der Waals surface area contributed by atoms with Gasteiger partial charge >= 0.3 is 0 Å². The van der Waals surface area contributed by atoms with Gasteiger partial charge in [-0.1, -0.05) is 140 Å². The van der Waals surface area contributed by atoms with Gasteiger partial charge in [-0.3, -0.25) is 0 Å². The van der Waals surface area contributed by atoms with Crippen molar-refractivity contribution in [3.8, 4) is 22.3 Å². The Morgan fingerprint density at radius 2 is 0.816 bits per heavy atom. The molecule has 10 aromatic rings. The summed E-state index contributed by atoms with van der Waals surface area (Å²) >= 11 is 0. The van der Waals surface area contributed by atoms with E-state index in [0.717, 1.165) is 83.2 Å². The fourth-order valence-corrected chi connectivity index (χ4v) is 7.43. The van der Waals surface area contributed by atoms with Crippen LogP contribution in [-0.2, 0) is 0 Å². The lowest BCUT2D eigenvalue weighted by atomic mass is 9.98. The first-order valence-electron chi connectivity index (χ1n) is 16.6. The van der Waals surface area contributed by atoms with Crippen molar-refractivity contribution in [1.82, 2.24) is 0 Å². The molecule has 0 unspecified atom stereocenters. The van der Waals surface area contributed by atoms with Crippen LogP contribution in [0.3, 0.4) is 0 Å². The van der Waals surface area contributed by atoms with Crippen LogP contribution in [0.4, 0.5) is 17.1 Å². The van der Waals surface area contributed by atoms with Gasteiger partial charge in [-0.15, -0.1) is 0 Å². The summed E-state index contributed by atoms with van der Waals surface area (Å²) in [5, 5.41) is 6.87. The molecule has 0 N–H and O–H groups in total. The van der Waals surface area contributed by atoms with Crippen molar-refractivity contribution in [2.24, 2.45) is 0 Å². The van der Waals surface area contributed by atoms with E-state index >= 15 is 0 Å². The zero-order chi connectivity index (χ0) is 32.3. The number of benzene rings is 8. The maximum atomic E-state index is 6.55. The molecular weight excluding hydrogens is 599 g/mol. The molecule has 0 atom stereocenters. The quantitative estimate of drug-likeness (QED) is 0.190. The van der Waals surface area contributed by atoms with Crippen molar-refractivity contribution in [3.05, 3.63) is 176 Å². The Balaban J connectivity index is 1.18. The van der Waals surface area contributed by atoms with E-state index in [0.29, 0.717) is 0 Å². The fourth-order valence-electron chi connectivity index (χ4n) is 7.43. The molecule has 0 fully saturated rings. The summed E-state index contributed by atoms with van der Waals surface area (Å²) in [4.78, 5) is 2.38. The first-order valence-corrected chi connectivity index (χ1v) is 16.6. The van der Waals surface area contributed by atoms with Crippen molar-refractivity contribution in [3.63, 3.8) is 0 Å². The van der Waals surface area contributed by atoms with Crippen LogP contribution >= 0.6 is 0 Å². The molecule has 0 radical (unpaired) electrons. The van der Waals surface area contributed by atoms with Gasteiger partial charge in [0.05, 0.1) is 11.4 Å². The van der Waals surface area contributed by atoms with Crippen LogP contribution < -0.4 is 4.90 Å². The Morgan fingerprint density at radius 1 is 0.327 bits per heavy atom. The Kier molecular flexibility index (Phi) is 6.18. The van der Waals surface area contributed by atoms with Crippen LogP contribution in [0.1, 0.15) is 0 Å². The molecule has 0 amide bonds. The monoisotopic (exact) mass is 627 g/mol. The highest BCUT2D eigenvalue weighted by molar-refractivity contribution is 6.12. The lowest BCUT2D eigenvalue weighted by Crippen LogP contribution is -2.11. The SMILES string of the molecule is c1ccc(N(c2ccc(-c3cccc4c3oc3ccccc34)cc2)c2cccc3ccccc23)c(-c2cccc3c2oc2ccccc23)c1. The summed E-state index contributed by atoms with van der Waals surface area (Å²) in [6.45, 7) is 0. The van der Waals surface area contributed by atoms with Gasteiger partial charge in [0.2, 0.25) is 0 Å². The maximum absolute atomic E-state index is 6.55. The summed E-state index contributed by atoms with van der Waals surface area (Å²) < 4.78 is 13.0. The van der Waals surface area contributed by atoms with Crippen molar-refractivity contribution >= 4 is 71.7 Å². The summed E-state index contributed by atoms with van der Waals surface area (Å²) in [7, 11) is 0. The molecule has 0 aliphatic heterocycles. The summed E-state index contributed by atoms with van der Waals surface area (Å²) in [6, 6.07) is 62.0. The van der Waals surface area contributed by atoms with Crippen LogP contribution in [0.5, 0.6) is 0 Å². The molecule has 2 heterocycles. The summed E-state index contributed by atoms with van der Waals surface area (Å²) in [5.41, 5.74) is 11.2. The van der Waals surface area contributed by atoms with Crippen molar-refractivity contribution in [2.75, 3.05) is 4.90 Å². The third kappa shape index (κ3) is 4.37. The second-order valence-electron chi connectivity index (χ2n) is 12.5. The third-order valence-corrected chi connectivity index (χ3v) is 9.69. The van der Waals surface area contributed by atoms with Crippen molar-refractivity contribution in [1.29, 1.82) is 0 Å². The minimum absolute atomic E-state index is 0.892. The molecule has 2 aromatic heterocycles. The van der Waals surface area contributed by atoms with Gasteiger partial charge in [0.25, 0.3) is 0 Å². The van der Waals surface area contributed by atoms with Crippen LogP contribution in [0.2, 0.25) is 0 Å². The highest BCUT2D eigenvalue weighted by Crippen LogP contribution is 2.46. The van der Waals surface area contributed by atoms with Crippen molar-refractivity contribution < 1.29 is 8.83 Å². The largest absolute Gasteiger partial charge is 0.455 e. The van der Waals surface area contributed by atoms with E-state index in [1.807, 2.05) is 24.3 Å². The number of hydrogen-bond donors (Lipinski definition) is 0. The average molecular weight is 628 g/mol. The lowest BCUT2D eigenvalue weighted by Gasteiger charge is -2.29. The Hall–Kier alpha value is -6.58. The molecule has 3 nitrogen and oxygen atoms in total. The highest BCUT2D eigenvalue weighted by atomic mass is 16.3. The minimum atomic E-state index is 0.892. The minimum Gasteiger partial charge on any atom is -0.455 e. The molecule has 0 aliphatic rings. The Labute approximate surface area is 282 Å². The molecule has 3 heteroatoms. The fraction of sp³-hybridized carbons (Fsp3) is 0. The number of rotatable bonds is 5. The third-order valence-electron chi connectivity index (χ3n) is 9.69. The Bertz CT molecular complexity index is 2830. The topological polar surface area (TPSA) is 29.5 Å². The number of hydrogen-bond acceptors (Lipinski definition) is 3. The number of fused-ring (bicyclic) bond motifs is 7. The predicted octanol–water partition coefficient (Wildman–Crippen LogP) is 13.4. The van der Waals surface area contributed by atoms with E-state index in [9.17, 15) is 0 Å². The molecule has 230 valence electrons. The number of anilines is 3. The van der Waals surface area contributed by atoms with E-state index in [-0.39, 0.29) is 0 Å². The van der Waals surface area contributed by atoms with Crippen LogP contribution in [0.15, 0.2) is 185 Å². The van der Waals surface area contributed by atoms with Gasteiger partial charge in [-0.25, -0.2) is 0 Å². The summed E-state index contributed by atoms with van der Waals surface area (Å²) in [5.74, 6) is 0.